The molecule has 0 aliphatic carbocycles. The lowest BCUT2D eigenvalue weighted by atomic mass is 10.0. The minimum atomic E-state index is -0.660. The number of nitrogens with zero attached hydrogens (tertiary/aromatic N) is 3. The van der Waals surface area contributed by atoms with Crippen molar-refractivity contribution >= 4 is 17.0 Å². The van der Waals surface area contributed by atoms with Gasteiger partial charge in [0.1, 0.15) is 11.9 Å². The first kappa shape index (κ1) is 20.6. The van der Waals surface area contributed by atoms with E-state index in [2.05, 4.69) is 26.9 Å². The number of anilines is 1. The smallest absolute Gasteiger partial charge is 0.123 e. The molecule has 4 nitrogen and oxygen atoms in total. The molecule has 1 aromatic heterocycles. The standard InChI is InChI=1S/C25H28FN3OS/c26-21-5-1-18(2-6-21)7-11-28-12-9-22(10-13-28)29-14-8-19-3-4-20(15-24(19)29)25(30)23-16-31-17-27-23/h1-6,15-17,22,25,30H,7-14H2. The van der Waals surface area contributed by atoms with E-state index in [1.165, 1.54) is 28.2 Å². The maximum atomic E-state index is 13.1. The highest BCUT2D eigenvalue weighted by Gasteiger charge is 2.30. The molecule has 5 rings (SSSR count). The lowest BCUT2D eigenvalue weighted by Gasteiger charge is -2.38. The Labute approximate surface area is 187 Å². The second-order valence-electron chi connectivity index (χ2n) is 8.60. The Kier molecular flexibility index (Phi) is 6.03. The molecule has 1 fully saturated rings. The van der Waals surface area contributed by atoms with Crippen LogP contribution in [0.25, 0.3) is 0 Å². The maximum absolute atomic E-state index is 13.1. The van der Waals surface area contributed by atoms with E-state index in [1.807, 2.05) is 23.6 Å². The fraction of sp³-hybridized carbons (Fsp3) is 0.400. The van der Waals surface area contributed by atoms with E-state index in [0.29, 0.717) is 6.04 Å². The molecule has 3 heterocycles. The van der Waals surface area contributed by atoms with Crippen molar-refractivity contribution in [1.29, 1.82) is 0 Å². The van der Waals surface area contributed by atoms with Gasteiger partial charge in [-0.1, -0.05) is 24.3 Å². The Morgan fingerprint density at radius 3 is 2.65 bits per heavy atom. The number of aliphatic hydroxyl groups excluding tert-OH is 1. The second-order valence-corrected chi connectivity index (χ2v) is 9.32. The summed E-state index contributed by atoms with van der Waals surface area (Å²) < 4.78 is 13.1. The number of hydrogen-bond donors (Lipinski definition) is 1. The number of piperidine rings is 1. The zero-order valence-corrected chi connectivity index (χ0v) is 18.4. The number of halogens is 1. The van der Waals surface area contributed by atoms with Crippen LogP contribution in [0.5, 0.6) is 0 Å². The Morgan fingerprint density at radius 1 is 1.10 bits per heavy atom. The first-order valence-corrected chi connectivity index (χ1v) is 12.0. The fourth-order valence-electron chi connectivity index (χ4n) is 4.89. The number of thiazole rings is 1. The quantitative estimate of drug-likeness (QED) is 0.619. The second kappa shape index (κ2) is 9.07. The van der Waals surface area contributed by atoms with Crippen molar-refractivity contribution in [3.05, 3.63) is 81.6 Å². The summed E-state index contributed by atoms with van der Waals surface area (Å²) in [6.45, 7) is 4.28. The maximum Gasteiger partial charge on any atom is 0.123 e. The molecule has 162 valence electrons. The number of fused-ring (bicyclic) bond motifs is 1. The summed E-state index contributed by atoms with van der Waals surface area (Å²) in [5, 5.41) is 12.6. The van der Waals surface area contributed by atoms with Gasteiger partial charge in [0.25, 0.3) is 0 Å². The molecule has 31 heavy (non-hydrogen) atoms. The molecule has 1 saturated heterocycles. The predicted octanol–water partition coefficient (Wildman–Crippen LogP) is 4.43. The SMILES string of the molecule is OC(c1ccc2c(c1)N(C1CCN(CCc3ccc(F)cc3)CC1)CC2)c1cscn1. The average molecular weight is 438 g/mol. The molecule has 6 heteroatoms. The van der Waals surface area contributed by atoms with Gasteiger partial charge in [-0.05, 0) is 60.6 Å². The topological polar surface area (TPSA) is 39.6 Å². The minimum absolute atomic E-state index is 0.169. The molecule has 0 amide bonds. The van der Waals surface area contributed by atoms with Crippen LogP contribution in [0.3, 0.4) is 0 Å². The number of aromatic nitrogens is 1. The van der Waals surface area contributed by atoms with Crippen molar-refractivity contribution in [3.8, 4) is 0 Å². The van der Waals surface area contributed by atoms with Gasteiger partial charge in [0.05, 0.1) is 11.2 Å². The highest BCUT2D eigenvalue weighted by molar-refractivity contribution is 7.07. The number of rotatable bonds is 6. The molecule has 2 aliphatic rings. The Balaban J connectivity index is 1.20. The van der Waals surface area contributed by atoms with Gasteiger partial charge in [0.15, 0.2) is 0 Å². The minimum Gasteiger partial charge on any atom is -0.382 e. The van der Waals surface area contributed by atoms with Gasteiger partial charge >= 0.3 is 0 Å². The highest BCUT2D eigenvalue weighted by Crippen LogP contribution is 2.35. The summed E-state index contributed by atoms with van der Waals surface area (Å²) in [6, 6.07) is 13.8. The lowest BCUT2D eigenvalue weighted by Crippen LogP contribution is -2.45. The first-order chi connectivity index (χ1) is 15.2. The van der Waals surface area contributed by atoms with Crippen LogP contribution >= 0.6 is 11.3 Å². The molecule has 0 spiro atoms. The van der Waals surface area contributed by atoms with Crippen LogP contribution in [-0.4, -0.2) is 47.2 Å². The Morgan fingerprint density at radius 2 is 1.90 bits per heavy atom. The molecule has 0 bridgehead atoms. The van der Waals surface area contributed by atoms with Gasteiger partial charge < -0.3 is 14.9 Å². The summed E-state index contributed by atoms with van der Waals surface area (Å²) in [5.74, 6) is -0.169. The monoisotopic (exact) mass is 437 g/mol. The summed E-state index contributed by atoms with van der Waals surface area (Å²) in [6.07, 6.45) is 3.69. The largest absolute Gasteiger partial charge is 0.382 e. The molecule has 1 unspecified atom stereocenters. The van der Waals surface area contributed by atoms with E-state index < -0.39 is 6.10 Å². The van der Waals surface area contributed by atoms with Crippen molar-refractivity contribution in [1.82, 2.24) is 9.88 Å². The third kappa shape index (κ3) is 4.52. The average Bonchev–Trinajstić information content (AvgIpc) is 3.48. The normalized spacial score (nSPS) is 18.3. The van der Waals surface area contributed by atoms with Crippen LogP contribution in [0, 0.1) is 5.82 Å². The van der Waals surface area contributed by atoms with Gasteiger partial charge in [0.2, 0.25) is 0 Å². The molecule has 0 saturated carbocycles. The van der Waals surface area contributed by atoms with Crippen LogP contribution in [-0.2, 0) is 12.8 Å². The van der Waals surface area contributed by atoms with E-state index >= 15 is 0 Å². The number of aliphatic hydroxyl groups is 1. The van der Waals surface area contributed by atoms with Crippen molar-refractivity contribution in [2.45, 2.75) is 37.8 Å². The number of hydrogen-bond acceptors (Lipinski definition) is 5. The molecular formula is C25H28FN3OS. The van der Waals surface area contributed by atoms with E-state index in [1.54, 1.807) is 17.6 Å². The Hall–Kier alpha value is -2.28. The van der Waals surface area contributed by atoms with Gasteiger partial charge in [-0.25, -0.2) is 9.37 Å². The highest BCUT2D eigenvalue weighted by atomic mass is 32.1. The van der Waals surface area contributed by atoms with Gasteiger partial charge in [-0.2, -0.15) is 0 Å². The fourth-order valence-corrected chi connectivity index (χ4v) is 5.46. The van der Waals surface area contributed by atoms with Gasteiger partial charge in [-0.15, -0.1) is 11.3 Å². The molecule has 2 aliphatic heterocycles. The summed E-state index contributed by atoms with van der Waals surface area (Å²) in [5.41, 5.74) is 7.28. The summed E-state index contributed by atoms with van der Waals surface area (Å²) in [7, 11) is 0. The van der Waals surface area contributed by atoms with Crippen molar-refractivity contribution < 1.29 is 9.50 Å². The lowest BCUT2D eigenvalue weighted by molar-refractivity contribution is 0.211. The summed E-state index contributed by atoms with van der Waals surface area (Å²) in [4.78, 5) is 9.36. The summed E-state index contributed by atoms with van der Waals surface area (Å²) >= 11 is 1.51. The van der Waals surface area contributed by atoms with E-state index in [4.69, 9.17) is 0 Å². The van der Waals surface area contributed by atoms with Gasteiger partial charge in [0, 0.05) is 43.3 Å². The van der Waals surface area contributed by atoms with E-state index in [-0.39, 0.29) is 5.82 Å². The van der Waals surface area contributed by atoms with Crippen LogP contribution in [0.1, 0.15) is 41.3 Å². The molecule has 1 atom stereocenters. The molecule has 0 radical (unpaired) electrons. The molecule has 1 N–H and O–H groups in total. The third-order valence-electron chi connectivity index (χ3n) is 6.72. The van der Waals surface area contributed by atoms with Crippen LogP contribution in [0.15, 0.2) is 53.4 Å². The molecule has 3 aromatic rings. The van der Waals surface area contributed by atoms with Gasteiger partial charge in [-0.3, -0.25) is 0 Å². The Bertz CT molecular complexity index is 1000. The molecule has 2 aromatic carbocycles. The zero-order valence-electron chi connectivity index (χ0n) is 17.6. The molecular weight excluding hydrogens is 409 g/mol. The number of benzene rings is 2. The first-order valence-electron chi connectivity index (χ1n) is 11.1. The van der Waals surface area contributed by atoms with Crippen molar-refractivity contribution in [2.75, 3.05) is 31.1 Å². The van der Waals surface area contributed by atoms with Crippen LogP contribution in [0.2, 0.25) is 0 Å². The third-order valence-corrected chi connectivity index (χ3v) is 7.32. The number of likely N-dealkylation sites (tertiary alicyclic amines) is 1. The van der Waals surface area contributed by atoms with Crippen LogP contribution < -0.4 is 4.90 Å². The predicted molar refractivity (Wildman–Crippen MR) is 123 cm³/mol. The van der Waals surface area contributed by atoms with Crippen molar-refractivity contribution in [3.63, 3.8) is 0 Å². The van der Waals surface area contributed by atoms with Crippen LogP contribution in [0.4, 0.5) is 10.1 Å². The van der Waals surface area contributed by atoms with E-state index in [9.17, 15) is 9.50 Å². The zero-order chi connectivity index (χ0) is 21.2. The van der Waals surface area contributed by atoms with E-state index in [0.717, 1.165) is 63.1 Å². The van der Waals surface area contributed by atoms with Crippen molar-refractivity contribution in [2.24, 2.45) is 0 Å².